The third kappa shape index (κ3) is 2.73. The minimum atomic E-state index is 0.0524. The Kier molecular flexibility index (Phi) is 3.24. The van der Waals surface area contributed by atoms with E-state index >= 15 is 0 Å². The summed E-state index contributed by atoms with van der Waals surface area (Å²) in [6.07, 6.45) is 1.86. The predicted molar refractivity (Wildman–Crippen MR) is 51.9 cm³/mol. The van der Waals surface area contributed by atoms with Crippen molar-refractivity contribution in [3.63, 3.8) is 0 Å². The molecule has 0 bridgehead atoms. The minimum Gasteiger partial charge on any atom is -0.392 e. The molecule has 0 fully saturated rings. The van der Waals surface area contributed by atoms with Crippen LogP contribution < -0.4 is 0 Å². The maximum atomic E-state index is 8.79. The van der Waals surface area contributed by atoms with E-state index in [-0.39, 0.29) is 6.61 Å². The molecule has 0 unspecified atom stereocenters. The molecular weight excluding hydrogens is 162 g/mol. The summed E-state index contributed by atoms with van der Waals surface area (Å²) in [5, 5.41) is 17.4. The Morgan fingerprint density at radius 3 is 3.00 bits per heavy atom. The zero-order chi connectivity index (χ0) is 9.68. The lowest BCUT2D eigenvalue weighted by Crippen LogP contribution is -1.84. The molecular formula is C11H11NO. The van der Waals surface area contributed by atoms with Gasteiger partial charge < -0.3 is 5.11 Å². The van der Waals surface area contributed by atoms with Crippen LogP contribution in [0.25, 0.3) is 6.08 Å². The van der Waals surface area contributed by atoms with E-state index in [0.29, 0.717) is 5.56 Å². The van der Waals surface area contributed by atoms with E-state index in [4.69, 9.17) is 10.4 Å². The van der Waals surface area contributed by atoms with Crippen LogP contribution in [-0.2, 0) is 0 Å². The lowest BCUT2D eigenvalue weighted by Gasteiger charge is -1.96. The van der Waals surface area contributed by atoms with Crippen LogP contribution in [0, 0.1) is 11.3 Å². The zero-order valence-electron chi connectivity index (χ0n) is 7.49. The Hall–Kier alpha value is -1.59. The lowest BCUT2D eigenvalue weighted by molar-refractivity contribution is 0.332. The molecule has 0 aliphatic heterocycles. The highest BCUT2D eigenvalue weighted by Gasteiger charge is 1.92. The van der Waals surface area contributed by atoms with E-state index < -0.39 is 0 Å². The largest absolute Gasteiger partial charge is 0.392 e. The van der Waals surface area contributed by atoms with Gasteiger partial charge in [-0.25, -0.2) is 0 Å². The summed E-state index contributed by atoms with van der Waals surface area (Å²) in [7, 11) is 0. The molecule has 66 valence electrons. The molecule has 0 saturated carbocycles. The third-order valence-corrected chi connectivity index (χ3v) is 1.68. The van der Waals surface area contributed by atoms with Crippen molar-refractivity contribution in [1.29, 1.82) is 5.26 Å². The fourth-order valence-electron chi connectivity index (χ4n) is 1.03. The first-order valence-corrected chi connectivity index (χ1v) is 4.04. The molecule has 1 aromatic carbocycles. The molecule has 1 N–H and O–H groups in total. The topological polar surface area (TPSA) is 44.0 Å². The van der Waals surface area contributed by atoms with Crippen LogP contribution in [0.15, 0.2) is 29.8 Å². The van der Waals surface area contributed by atoms with Crippen molar-refractivity contribution >= 4 is 6.08 Å². The summed E-state index contributed by atoms with van der Waals surface area (Å²) in [6.45, 7) is 1.90. The standard InChI is InChI=1S/C11H11NO/c1-9(8-13)5-10-3-2-4-11(6-10)7-12/h2-6,13H,8H2,1H3/b9-5+. The van der Waals surface area contributed by atoms with Gasteiger partial charge in [-0.3, -0.25) is 0 Å². The number of nitriles is 1. The fraction of sp³-hybridized carbons (Fsp3) is 0.182. The van der Waals surface area contributed by atoms with Gasteiger partial charge in [0.25, 0.3) is 0 Å². The van der Waals surface area contributed by atoms with E-state index in [1.807, 2.05) is 25.1 Å². The van der Waals surface area contributed by atoms with Gasteiger partial charge in [-0.05, 0) is 30.2 Å². The average Bonchev–Trinajstić information content (AvgIpc) is 2.18. The quantitative estimate of drug-likeness (QED) is 0.742. The molecule has 0 heterocycles. The number of rotatable bonds is 2. The van der Waals surface area contributed by atoms with Crippen LogP contribution in [0.3, 0.4) is 0 Å². The average molecular weight is 173 g/mol. The number of nitrogens with zero attached hydrogens (tertiary/aromatic N) is 1. The summed E-state index contributed by atoms with van der Waals surface area (Å²) in [5.41, 5.74) is 2.47. The van der Waals surface area contributed by atoms with Gasteiger partial charge in [-0.2, -0.15) is 5.26 Å². The van der Waals surface area contributed by atoms with Crippen LogP contribution >= 0.6 is 0 Å². The normalized spacial score (nSPS) is 11.0. The van der Waals surface area contributed by atoms with Crippen LogP contribution in [0.2, 0.25) is 0 Å². The molecule has 13 heavy (non-hydrogen) atoms. The van der Waals surface area contributed by atoms with Gasteiger partial charge in [0.05, 0.1) is 18.2 Å². The van der Waals surface area contributed by atoms with E-state index in [9.17, 15) is 0 Å². The maximum Gasteiger partial charge on any atom is 0.0991 e. The van der Waals surface area contributed by atoms with Gasteiger partial charge in [0.2, 0.25) is 0 Å². The Balaban J connectivity index is 2.97. The molecule has 0 amide bonds. The summed E-state index contributed by atoms with van der Waals surface area (Å²) in [6, 6.07) is 9.34. The first kappa shape index (κ1) is 9.50. The molecule has 0 spiro atoms. The molecule has 0 radical (unpaired) electrons. The summed E-state index contributed by atoms with van der Waals surface area (Å²) < 4.78 is 0. The maximum absolute atomic E-state index is 8.79. The highest BCUT2D eigenvalue weighted by molar-refractivity contribution is 5.54. The first-order valence-electron chi connectivity index (χ1n) is 4.04. The van der Waals surface area contributed by atoms with Crippen LogP contribution in [0.1, 0.15) is 18.1 Å². The Bertz CT molecular complexity index is 361. The molecule has 0 aromatic heterocycles. The summed E-state index contributed by atoms with van der Waals surface area (Å²) in [5.74, 6) is 0. The highest BCUT2D eigenvalue weighted by atomic mass is 16.3. The number of benzene rings is 1. The van der Waals surface area contributed by atoms with Gasteiger partial charge in [0, 0.05) is 0 Å². The monoisotopic (exact) mass is 173 g/mol. The fourth-order valence-corrected chi connectivity index (χ4v) is 1.03. The highest BCUT2D eigenvalue weighted by Crippen LogP contribution is 2.08. The second-order valence-corrected chi connectivity index (χ2v) is 2.89. The van der Waals surface area contributed by atoms with Crippen LogP contribution in [-0.4, -0.2) is 11.7 Å². The van der Waals surface area contributed by atoms with Crippen molar-refractivity contribution in [1.82, 2.24) is 0 Å². The number of hydrogen-bond donors (Lipinski definition) is 1. The molecule has 0 atom stereocenters. The zero-order valence-corrected chi connectivity index (χ0v) is 7.49. The molecule has 1 aromatic rings. The smallest absolute Gasteiger partial charge is 0.0991 e. The van der Waals surface area contributed by atoms with Crippen molar-refractivity contribution in [2.45, 2.75) is 6.92 Å². The third-order valence-electron chi connectivity index (χ3n) is 1.68. The SMILES string of the molecule is C/C(=C\c1cccc(C#N)c1)CO. The first-order chi connectivity index (χ1) is 6.26. The Labute approximate surface area is 77.8 Å². The van der Waals surface area contributed by atoms with E-state index in [1.165, 1.54) is 0 Å². The molecule has 2 nitrogen and oxygen atoms in total. The van der Waals surface area contributed by atoms with E-state index in [2.05, 4.69) is 6.07 Å². The number of hydrogen-bond acceptors (Lipinski definition) is 2. The van der Waals surface area contributed by atoms with Crippen molar-refractivity contribution in [3.05, 3.63) is 41.0 Å². The van der Waals surface area contributed by atoms with Gasteiger partial charge in [0.1, 0.15) is 0 Å². The van der Waals surface area contributed by atoms with Crippen molar-refractivity contribution in [2.24, 2.45) is 0 Å². The van der Waals surface area contributed by atoms with Crippen LogP contribution in [0.5, 0.6) is 0 Å². The summed E-state index contributed by atoms with van der Waals surface area (Å²) in [4.78, 5) is 0. The molecule has 2 heteroatoms. The van der Waals surface area contributed by atoms with Gasteiger partial charge >= 0.3 is 0 Å². The Morgan fingerprint density at radius 1 is 1.62 bits per heavy atom. The number of aliphatic hydroxyl groups excluding tert-OH is 1. The molecule has 0 saturated heterocycles. The van der Waals surface area contributed by atoms with Gasteiger partial charge in [-0.1, -0.05) is 18.2 Å². The predicted octanol–water partition coefficient (Wildman–Crippen LogP) is 1.95. The molecule has 0 aliphatic carbocycles. The summed E-state index contributed by atoms with van der Waals surface area (Å²) >= 11 is 0. The Morgan fingerprint density at radius 2 is 2.38 bits per heavy atom. The van der Waals surface area contributed by atoms with E-state index in [0.717, 1.165) is 11.1 Å². The second kappa shape index (κ2) is 4.44. The molecule has 1 rings (SSSR count). The lowest BCUT2D eigenvalue weighted by atomic mass is 10.1. The van der Waals surface area contributed by atoms with Crippen LogP contribution in [0.4, 0.5) is 0 Å². The van der Waals surface area contributed by atoms with Crippen molar-refractivity contribution in [3.8, 4) is 6.07 Å². The van der Waals surface area contributed by atoms with Crippen molar-refractivity contribution in [2.75, 3.05) is 6.61 Å². The van der Waals surface area contributed by atoms with Gasteiger partial charge in [0.15, 0.2) is 0 Å². The molecule has 0 aliphatic rings. The van der Waals surface area contributed by atoms with Gasteiger partial charge in [-0.15, -0.1) is 0 Å². The number of aliphatic hydroxyl groups is 1. The second-order valence-electron chi connectivity index (χ2n) is 2.89. The van der Waals surface area contributed by atoms with E-state index in [1.54, 1.807) is 12.1 Å². The minimum absolute atomic E-state index is 0.0524. The van der Waals surface area contributed by atoms with Crippen molar-refractivity contribution < 1.29 is 5.11 Å².